The fraction of sp³-hybridized carbons (Fsp3) is 0.167. The molecule has 1 aliphatic heterocycles. The Kier molecular flexibility index (Phi) is 5.29. The van der Waals surface area contributed by atoms with Crippen LogP contribution in [0.2, 0.25) is 0 Å². The van der Waals surface area contributed by atoms with Crippen molar-refractivity contribution < 1.29 is 14.6 Å². The second-order valence-electron chi connectivity index (χ2n) is 7.02. The average molecular weight is 386 g/mol. The number of ether oxygens (including phenoxy) is 1. The van der Waals surface area contributed by atoms with E-state index in [0.29, 0.717) is 13.0 Å². The molecule has 1 heterocycles. The summed E-state index contributed by atoms with van der Waals surface area (Å²) in [4.78, 5) is 12.1. The number of phenolic OH excluding ortho intramolecular Hbond substituents is 1. The van der Waals surface area contributed by atoms with E-state index in [1.165, 1.54) is 11.9 Å². The van der Waals surface area contributed by atoms with E-state index in [1.807, 2.05) is 66.7 Å². The van der Waals surface area contributed by atoms with Crippen LogP contribution in [0.25, 0.3) is 0 Å². The maximum atomic E-state index is 12.1. The molecule has 0 unspecified atom stereocenters. The number of phenols is 1. The highest BCUT2D eigenvalue weighted by Gasteiger charge is 2.31. The summed E-state index contributed by atoms with van der Waals surface area (Å²) in [6.07, 6.45) is 0.620. The van der Waals surface area contributed by atoms with Crippen molar-refractivity contribution in [3.8, 4) is 11.5 Å². The molecule has 0 saturated carbocycles. The summed E-state index contributed by atoms with van der Waals surface area (Å²) in [6.45, 7) is 2.03. The number of hydrogen-bond acceptors (Lipinski definition) is 4. The van der Waals surface area contributed by atoms with Crippen molar-refractivity contribution >= 4 is 11.6 Å². The van der Waals surface area contributed by atoms with Crippen LogP contribution in [0, 0.1) is 0 Å². The van der Waals surface area contributed by atoms with E-state index in [2.05, 4.69) is 5.10 Å². The zero-order chi connectivity index (χ0) is 20.2. The van der Waals surface area contributed by atoms with Crippen LogP contribution in [0.1, 0.15) is 36.1 Å². The van der Waals surface area contributed by atoms with E-state index in [9.17, 15) is 9.90 Å². The third kappa shape index (κ3) is 4.29. The van der Waals surface area contributed by atoms with Crippen LogP contribution in [0.5, 0.6) is 11.5 Å². The molecule has 3 aromatic rings. The van der Waals surface area contributed by atoms with Gasteiger partial charge in [0, 0.05) is 13.3 Å². The van der Waals surface area contributed by atoms with Gasteiger partial charge in [0.25, 0.3) is 0 Å². The highest BCUT2D eigenvalue weighted by Crippen LogP contribution is 2.33. The van der Waals surface area contributed by atoms with Crippen LogP contribution in [0.4, 0.5) is 0 Å². The van der Waals surface area contributed by atoms with Gasteiger partial charge in [-0.1, -0.05) is 42.5 Å². The van der Waals surface area contributed by atoms with Crippen molar-refractivity contribution in [2.45, 2.75) is 26.0 Å². The van der Waals surface area contributed by atoms with Gasteiger partial charge in [0.05, 0.1) is 11.8 Å². The first-order valence-corrected chi connectivity index (χ1v) is 9.53. The molecule has 0 spiro atoms. The third-order valence-corrected chi connectivity index (χ3v) is 4.95. The van der Waals surface area contributed by atoms with Gasteiger partial charge in [-0.15, -0.1) is 0 Å². The Morgan fingerprint density at radius 1 is 1.03 bits per heavy atom. The predicted octanol–water partition coefficient (Wildman–Crippen LogP) is 4.67. The molecule has 1 atom stereocenters. The van der Waals surface area contributed by atoms with Gasteiger partial charge in [-0.3, -0.25) is 4.79 Å². The minimum Gasteiger partial charge on any atom is -0.508 e. The second kappa shape index (κ2) is 8.19. The number of rotatable bonds is 5. The molecule has 1 N–H and O–H groups in total. The summed E-state index contributed by atoms with van der Waals surface area (Å²) in [6, 6.07) is 24.6. The maximum absolute atomic E-state index is 12.1. The number of benzene rings is 3. The zero-order valence-corrected chi connectivity index (χ0v) is 16.2. The molecule has 0 radical (unpaired) electrons. The summed E-state index contributed by atoms with van der Waals surface area (Å²) >= 11 is 0. The van der Waals surface area contributed by atoms with E-state index in [4.69, 9.17) is 4.74 Å². The molecule has 3 aromatic carbocycles. The lowest BCUT2D eigenvalue weighted by molar-refractivity contribution is -0.130. The molecule has 1 aliphatic rings. The monoisotopic (exact) mass is 386 g/mol. The molecule has 5 nitrogen and oxygen atoms in total. The average Bonchev–Trinajstić information content (AvgIpc) is 3.20. The number of aromatic hydroxyl groups is 1. The van der Waals surface area contributed by atoms with Gasteiger partial charge in [-0.2, -0.15) is 5.10 Å². The molecule has 0 fully saturated rings. The number of amides is 1. The molecule has 0 saturated heterocycles. The van der Waals surface area contributed by atoms with Crippen LogP contribution in [-0.2, 0) is 11.4 Å². The van der Waals surface area contributed by atoms with Crippen molar-refractivity contribution in [1.29, 1.82) is 0 Å². The molecule has 5 heteroatoms. The Bertz CT molecular complexity index is 1010. The maximum Gasteiger partial charge on any atom is 0.240 e. The van der Waals surface area contributed by atoms with Crippen molar-refractivity contribution in [3.05, 3.63) is 95.6 Å². The first-order valence-electron chi connectivity index (χ1n) is 9.53. The molecule has 0 aliphatic carbocycles. The lowest BCUT2D eigenvalue weighted by atomic mass is 9.98. The van der Waals surface area contributed by atoms with Gasteiger partial charge in [0.1, 0.15) is 18.1 Å². The van der Waals surface area contributed by atoms with Gasteiger partial charge in [-0.05, 0) is 53.1 Å². The number of hydrazone groups is 1. The summed E-state index contributed by atoms with van der Waals surface area (Å²) < 4.78 is 5.85. The highest BCUT2D eigenvalue weighted by molar-refractivity contribution is 6.03. The van der Waals surface area contributed by atoms with Crippen LogP contribution in [-0.4, -0.2) is 21.7 Å². The number of hydrogen-bond donors (Lipinski definition) is 1. The molecule has 0 aromatic heterocycles. The van der Waals surface area contributed by atoms with Crippen LogP contribution < -0.4 is 4.74 Å². The van der Waals surface area contributed by atoms with Crippen molar-refractivity contribution in [2.75, 3.05) is 0 Å². The smallest absolute Gasteiger partial charge is 0.240 e. The molecule has 0 bridgehead atoms. The third-order valence-electron chi connectivity index (χ3n) is 4.95. The first-order chi connectivity index (χ1) is 14.1. The standard InChI is InChI=1S/C24H22N2O3/c1-17(27)26-24(15-23(25-26)19-7-11-21(28)12-8-19)20-9-13-22(14-10-20)29-16-18-5-3-2-4-6-18/h2-14,24,28H,15-16H2,1H3/t24-/m0/s1. The topological polar surface area (TPSA) is 62.1 Å². The minimum atomic E-state index is -0.153. The zero-order valence-electron chi connectivity index (χ0n) is 16.2. The number of nitrogens with zero attached hydrogens (tertiary/aromatic N) is 2. The molecule has 4 rings (SSSR count). The van der Waals surface area contributed by atoms with Gasteiger partial charge in [0.2, 0.25) is 5.91 Å². The molecule has 1 amide bonds. The Hall–Kier alpha value is -3.60. The Morgan fingerprint density at radius 2 is 1.72 bits per heavy atom. The van der Waals surface area contributed by atoms with E-state index < -0.39 is 0 Å². The van der Waals surface area contributed by atoms with E-state index in [-0.39, 0.29) is 17.7 Å². The predicted molar refractivity (Wildman–Crippen MR) is 112 cm³/mol. The quantitative estimate of drug-likeness (QED) is 0.693. The number of carbonyl (C=O) groups excluding carboxylic acids is 1. The van der Waals surface area contributed by atoms with Crippen LogP contribution >= 0.6 is 0 Å². The van der Waals surface area contributed by atoms with Gasteiger partial charge >= 0.3 is 0 Å². The van der Waals surface area contributed by atoms with E-state index in [1.54, 1.807) is 12.1 Å². The summed E-state index contributed by atoms with van der Waals surface area (Å²) in [5.74, 6) is 0.885. The minimum absolute atomic E-state index is 0.104. The van der Waals surface area contributed by atoms with Crippen molar-refractivity contribution in [2.24, 2.45) is 5.10 Å². The Balaban J connectivity index is 1.48. The second-order valence-corrected chi connectivity index (χ2v) is 7.02. The van der Waals surface area contributed by atoms with Gasteiger partial charge < -0.3 is 9.84 Å². The van der Waals surface area contributed by atoms with Crippen LogP contribution in [0.15, 0.2) is 84.0 Å². The Labute approximate surface area is 169 Å². The molecule has 29 heavy (non-hydrogen) atoms. The SMILES string of the molecule is CC(=O)N1N=C(c2ccc(O)cc2)C[C@H]1c1ccc(OCc2ccccc2)cc1. The molecule has 146 valence electrons. The van der Waals surface area contributed by atoms with Crippen molar-refractivity contribution in [3.63, 3.8) is 0 Å². The normalized spacial score (nSPS) is 15.8. The molecular weight excluding hydrogens is 364 g/mol. The van der Waals surface area contributed by atoms with E-state index >= 15 is 0 Å². The lowest BCUT2D eigenvalue weighted by Gasteiger charge is -2.20. The summed E-state index contributed by atoms with van der Waals surface area (Å²) in [5, 5.41) is 15.6. The lowest BCUT2D eigenvalue weighted by Crippen LogP contribution is -2.24. The number of carbonyl (C=O) groups is 1. The van der Waals surface area contributed by atoms with Gasteiger partial charge in [-0.25, -0.2) is 5.01 Å². The summed E-state index contributed by atoms with van der Waals surface area (Å²) in [5.41, 5.74) is 3.85. The fourth-order valence-corrected chi connectivity index (χ4v) is 3.42. The van der Waals surface area contributed by atoms with Crippen molar-refractivity contribution in [1.82, 2.24) is 5.01 Å². The Morgan fingerprint density at radius 3 is 2.38 bits per heavy atom. The molecular formula is C24H22N2O3. The largest absolute Gasteiger partial charge is 0.508 e. The van der Waals surface area contributed by atoms with Gasteiger partial charge in [0.15, 0.2) is 0 Å². The van der Waals surface area contributed by atoms with Crippen LogP contribution in [0.3, 0.4) is 0 Å². The highest BCUT2D eigenvalue weighted by atomic mass is 16.5. The first kappa shape index (κ1) is 18.7. The fourth-order valence-electron chi connectivity index (χ4n) is 3.42. The van der Waals surface area contributed by atoms with E-state index in [0.717, 1.165) is 28.2 Å². The summed E-state index contributed by atoms with van der Waals surface area (Å²) in [7, 11) is 0.